The van der Waals surface area contributed by atoms with Crippen molar-refractivity contribution < 1.29 is 9.53 Å². The lowest BCUT2D eigenvalue weighted by Gasteiger charge is -2.43. The largest absolute Gasteiger partial charge is 0.496 e. The van der Waals surface area contributed by atoms with Crippen LogP contribution in [-0.2, 0) is 16.9 Å². The van der Waals surface area contributed by atoms with Gasteiger partial charge in [0.2, 0.25) is 5.91 Å². The molecular formula is C26H31N3O2. The SMILES string of the molecule is COc1cc2c(cc1CN[C@@H]1CC[C@H]3CC[C@]1(c1ccccc1)N3)N(C)C(=O)[C@H]1CC21. The van der Waals surface area contributed by atoms with E-state index in [1.807, 2.05) is 11.9 Å². The second-order valence-corrected chi connectivity index (χ2v) is 9.80. The van der Waals surface area contributed by atoms with Crippen LogP contribution in [0.3, 0.4) is 0 Å². The van der Waals surface area contributed by atoms with Crippen molar-refractivity contribution in [3.05, 3.63) is 59.2 Å². The molecule has 1 saturated carbocycles. The Morgan fingerprint density at radius 3 is 2.81 bits per heavy atom. The Balaban J connectivity index is 1.29. The summed E-state index contributed by atoms with van der Waals surface area (Å²) in [5.41, 5.74) is 4.84. The molecule has 3 heterocycles. The number of methoxy groups -OCH3 is 1. The topological polar surface area (TPSA) is 53.6 Å². The Hall–Kier alpha value is -2.37. The predicted octanol–water partition coefficient (Wildman–Crippen LogP) is 3.67. The van der Waals surface area contributed by atoms with Gasteiger partial charge in [-0.3, -0.25) is 4.79 Å². The van der Waals surface area contributed by atoms with Gasteiger partial charge in [0.1, 0.15) is 5.75 Å². The zero-order valence-corrected chi connectivity index (χ0v) is 18.4. The quantitative estimate of drug-likeness (QED) is 0.779. The molecule has 1 aliphatic carbocycles. The second kappa shape index (κ2) is 7.07. The molecule has 1 amide bonds. The molecule has 5 heteroatoms. The van der Waals surface area contributed by atoms with Gasteiger partial charge in [-0.25, -0.2) is 0 Å². The van der Waals surface area contributed by atoms with E-state index in [0.29, 0.717) is 18.0 Å². The minimum atomic E-state index is -0.000386. The van der Waals surface area contributed by atoms with Crippen LogP contribution < -0.4 is 20.3 Å². The molecule has 2 aromatic rings. The van der Waals surface area contributed by atoms with Gasteiger partial charge in [-0.05, 0) is 61.3 Å². The van der Waals surface area contributed by atoms with Crippen molar-refractivity contribution in [1.82, 2.24) is 10.6 Å². The number of carbonyl (C=O) groups excluding carboxylic acids is 1. The third kappa shape index (κ3) is 2.94. The van der Waals surface area contributed by atoms with Gasteiger partial charge in [0, 0.05) is 42.8 Å². The average Bonchev–Trinajstić information content (AvgIpc) is 3.54. The normalized spacial score (nSPS) is 33.1. The summed E-state index contributed by atoms with van der Waals surface area (Å²) in [5, 5.41) is 7.85. The van der Waals surface area contributed by atoms with Crippen LogP contribution in [0.2, 0.25) is 0 Å². The summed E-state index contributed by atoms with van der Waals surface area (Å²) in [7, 11) is 3.66. The molecule has 31 heavy (non-hydrogen) atoms. The van der Waals surface area contributed by atoms with Crippen LogP contribution in [0.5, 0.6) is 5.75 Å². The van der Waals surface area contributed by atoms with Crippen LogP contribution in [0.1, 0.15) is 54.7 Å². The Labute approximate surface area is 184 Å². The number of piperidine rings is 1. The highest BCUT2D eigenvalue weighted by Gasteiger charge is 2.51. The molecule has 2 bridgehead atoms. The maximum atomic E-state index is 12.6. The van der Waals surface area contributed by atoms with Crippen molar-refractivity contribution in [3.63, 3.8) is 0 Å². The van der Waals surface area contributed by atoms with Crippen LogP contribution >= 0.6 is 0 Å². The van der Waals surface area contributed by atoms with Crippen LogP contribution in [0.4, 0.5) is 5.69 Å². The van der Waals surface area contributed by atoms with E-state index in [9.17, 15) is 4.79 Å². The zero-order valence-electron chi connectivity index (χ0n) is 18.4. The lowest BCUT2D eigenvalue weighted by Crippen LogP contribution is -2.58. The van der Waals surface area contributed by atoms with Crippen molar-refractivity contribution >= 4 is 11.6 Å². The smallest absolute Gasteiger partial charge is 0.230 e. The fourth-order valence-corrected chi connectivity index (χ4v) is 6.41. The molecule has 2 saturated heterocycles. The first-order valence-corrected chi connectivity index (χ1v) is 11.7. The molecule has 2 aromatic carbocycles. The van der Waals surface area contributed by atoms with Gasteiger partial charge in [-0.1, -0.05) is 30.3 Å². The van der Waals surface area contributed by atoms with Gasteiger partial charge in [0.05, 0.1) is 12.6 Å². The number of anilines is 1. The molecule has 0 spiro atoms. The molecule has 162 valence electrons. The highest BCUT2D eigenvalue weighted by Crippen LogP contribution is 2.56. The molecule has 1 unspecified atom stereocenters. The lowest BCUT2D eigenvalue weighted by atomic mass is 9.79. The first-order chi connectivity index (χ1) is 15.1. The van der Waals surface area contributed by atoms with Crippen molar-refractivity contribution in [1.29, 1.82) is 0 Å². The lowest BCUT2D eigenvalue weighted by molar-refractivity contribution is -0.119. The molecule has 0 radical (unpaired) electrons. The van der Waals surface area contributed by atoms with E-state index < -0.39 is 0 Å². The maximum Gasteiger partial charge on any atom is 0.230 e. The zero-order chi connectivity index (χ0) is 21.2. The molecule has 3 fully saturated rings. The Morgan fingerprint density at radius 2 is 2.00 bits per heavy atom. The first-order valence-electron chi connectivity index (χ1n) is 11.7. The molecule has 0 aromatic heterocycles. The fraction of sp³-hybridized carbons (Fsp3) is 0.500. The van der Waals surface area contributed by atoms with Crippen molar-refractivity contribution in [2.24, 2.45) is 5.92 Å². The van der Waals surface area contributed by atoms with E-state index in [4.69, 9.17) is 4.74 Å². The number of hydrogen-bond donors (Lipinski definition) is 2. The van der Waals surface area contributed by atoms with E-state index >= 15 is 0 Å². The molecule has 2 N–H and O–H groups in total. The number of hydrogen-bond acceptors (Lipinski definition) is 4. The van der Waals surface area contributed by atoms with Gasteiger partial charge < -0.3 is 20.3 Å². The van der Waals surface area contributed by atoms with Gasteiger partial charge in [-0.2, -0.15) is 0 Å². The highest BCUT2D eigenvalue weighted by atomic mass is 16.5. The number of carbonyl (C=O) groups is 1. The molecule has 3 aliphatic heterocycles. The second-order valence-electron chi connectivity index (χ2n) is 9.80. The summed E-state index contributed by atoms with van der Waals surface area (Å²) in [5.74, 6) is 1.76. The van der Waals surface area contributed by atoms with Gasteiger partial charge in [0.15, 0.2) is 0 Å². The summed E-state index contributed by atoms with van der Waals surface area (Å²) in [4.78, 5) is 14.4. The third-order valence-electron chi connectivity index (χ3n) is 8.20. The molecular weight excluding hydrogens is 386 g/mol. The number of benzene rings is 2. The molecule has 5 nitrogen and oxygen atoms in total. The minimum absolute atomic E-state index is 0.000386. The monoisotopic (exact) mass is 417 g/mol. The number of fused-ring (bicyclic) bond motifs is 5. The van der Waals surface area contributed by atoms with Crippen LogP contribution in [0.25, 0.3) is 0 Å². The van der Waals surface area contributed by atoms with E-state index in [2.05, 4.69) is 53.1 Å². The van der Waals surface area contributed by atoms with Gasteiger partial charge >= 0.3 is 0 Å². The van der Waals surface area contributed by atoms with Crippen LogP contribution in [0.15, 0.2) is 42.5 Å². The number of ether oxygens (including phenoxy) is 1. The molecule has 6 rings (SSSR count). The Morgan fingerprint density at radius 1 is 1.16 bits per heavy atom. The maximum absolute atomic E-state index is 12.6. The van der Waals surface area contributed by atoms with Gasteiger partial charge in [-0.15, -0.1) is 0 Å². The minimum Gasteiger partial charge on any atom is -0.496 e. The van der Waals surface area contributed by atoms with E-state index in [0.717, 1.165) is 30.0 Å². The summed E-state index contributed by atoms with van der Waals surface area (Å²) in [6.07, 6.45) is 5.77. The van der Waals surface area contributed by atoms with E-state index in [-0.39, 0.29) is 17.4 Å². The molecule has 4 aliphatic rings. The number of rotatable bonds is 5. The fourth-order valence-electron chi connectivity index (χ4n) is 6.41. The molecule has 5 atom stereocenters. The van der Waals surface area contributed by atoms with Crippen molar-refractivity contribution in [2.45, 2.75) is 62.2 Å². The summed E-state index contributed by atoms with van der Waals surface area (Å²) < 4.78 is 5.79. The number of amides is 1. The van der Waals surface area contributed by atoms with E-state index in [1.165, 1.54) is 36.8 Å². The first kappa shape index (κ1) is 19.3. The highest BCUT2D eigenvalue weighted by molar-refractivity contribution is 6.01. The summed E-state index contributed by atoms with van der Waals surface area (Å²) in [6.45, 7) is 0.734. The predicted molar refractivity (Wildman–Crippen MR) is 121 cm³/mol. The van der Waals surface area contributed by atoms with E-state index in [1.54, 1.807) is 7.11 Å². The van der Waals surface area contributed by atoms with Crippen LogP contribution in [-0.4, -0.2) is 32.1 Å². The summed E-state index contributed by atoms with van der Waals surface area (Å²) in [6, 6.07) is 16.3. The summed E-state index contributed by atoms with van der Waals surface area (Å²) >= 11 is 0. The number of nitrogens with one attached hydrogen (secondary N) is 2. The Bertz CT molecular complexity index is 1020. The third-order valence-corrected chi connectivity index (χ3v) is 8.20. The Kier molecular flexibility index (Phi) is 4.41. The average molecular weight is 418 g/mol. The van der Waals surface area contributed by atoms with Crippen LogP contribution in [0, 0.1) is 5.92 Å². The van der Waals surface area contributed by atoms with Crippen molar-refractivity contribution in [3.8, 4) is 5.75 Å². The van der Waals surface area contributed by atoms with Gasteiger partial charge in [0.25, 0.3) is 0 Å². The number of nitrogens with zero attached hydrogens (tertiary/aromatic N) is 1. The standard InChI is InChI=1S/C26H31N3O2/c1-29-22-12-16(23(31-2)14-20(22)19-13-21(19)25(29)30)15-27-24-9-8-18-10-11-26(24,28-18)17-6-4-3-5-7-17/h3-7,12,14,18-19,21,24,27-28H,8-11,13,15H2,1-2H3/t18-,19?,21-,24+,26+/m0/s1. The van der Waals surface area contributed by atoms with Crippen molar-refractivity contribution in [2.75, 3.05) is 19.1 Å².